The van der Waals surface area contributed by atoms with Crippen molar-refractivity contribution in [3.63, 3.8) is 0 Å². The van der Waals surface area contributed by atoms with Gasteiger partial charge in [0.15, 0.2) is 0 Å². The Morgan fingerprint density at radius 3 is 2.74 bits per heavy atom. The molecule has 0 aliphatic heterocycles. The molecule has 6 nitrogen and oxygen atoms in total. The molecule has 1 atom stereocenters. The number of carboxylic acid groups (broad SMARTS) is 1. The molecule has 1 heterocycles. The normalized spacial score (nSPS) is 11.7. The van der Waals surface area contributed by atoms with E-state index >= 15 is 0 Å². The largest absolute Gasteiger partial charge is 0.480 e. The topological polar surface area (TPSA) is 82.5 Å². The van der Waals surface area contributed by atoms with Crippen LogP contribution in [-0.4, -0.2) is 39.6 Å². The number of nitrogens with one attached hydrogen (secondary N) is 1. The number of rotatable bonds is 5. The molecule has 1 unspecified atom stereocenters. The van der Waals surface area contributed by atoms with Crippen LogP contribution in [0.15, 0.2) is 18.5 Å². The number of aromatic nitrogens is 1. The molecule has 0 aromatic carbocycles. The number of carboxylic acids is 1. The lowest BCUT2D eigenvalue weighted by Crippen LogP contribution is -2.44. The van der Waals surface area contributed by atoms with Gasteiger partial charge in [-0.15, -0.1) is 0 Å². The van der Waals surface area contributed by atoms with Gasteiger partial charge in [-0.25, -0.2) is 4.79 Å². The summed E-state index contributed by atoms with van der Waals surface area (Å²) in [6.07, 6.45) is 3.87. The summed E-state index contributed by atoms with van der Waals surface area (Å²) in [5.41, 5.74) is 1.47. The molecule has 0 aliphatic rings. The Morgan fingerprint density at radius 1 is 1.53 bits per heavy atom. The van der Waals surface area contributed by atoms with Crippen molar-refractivity contribution < 1.29 is 14.7 Å². The summed E-state index contributed by atoms with van der Waals surface area (Å²) in [6.45, 7) is 5.25. The molecule has 0 bridgehead atoms. The third-order valence-electron chi connectivity index (χ3n) is 2.97. The van der Waals surface area contributed by atoms with Crippen molar-refractivity contribution >= 4 is 17.7 Å². The van der Waals surface area contributed by atoms with Gasteiger partial charge >= 0.3 is 12.0 Å². The van der Waals surface area contributed by atoms with Gasteiger partial charge in [-0.3, -0.25) is 9.78 Å². The molecule has 6 heteroatoms. The minimum atomic E-state index is -1.03. The third kappa shape index (κ3) is 4.24. The Labute approximate surface area is 112 Å². The fraction of sp³-hybridized carbons (Fsp3) is 0.462. The smallest absolute Gasteiger partial charge is 0.323 e. The van der Waals surface area contributed by atoms with Crippen LogP contribution in [0.5, 0.6) is 0 Å². The van der Waals surface area contributed by atoms with Crippen LogP contribution in [-0.2, 0) is 4.79 Å². The molecule has 1 aromatic rings. The van der Waals surface area contributed by atoms with Crippen LogP contribution in [0.1, 0.15) is 25.8 Å². The minimum absolute atomic E-state index is 0.145. The number of hydrogen-bond donors (Lipinski definition) is 2. The summed E-state index contributed by atoms with van der Waals surface area (Å²) < 4.78 is 0. The predicted octanol–water partition coefficient (Wildman–Crippen LogP) is 2.11. The fourth-order valence-corrected chi connectivity index (χ4v) is 1.58. The standard InChI is InChI=1S/C13H19N3O3/c1-4-10(3)16(8-12(17)18)13(19)15-11-7-14-6-5-9(11)2/h5-7,10H,4,8H2,1-3H3,(H,15,19)(H,17,18). The number of anilines is 1. The Balaban J connectivity index is 2.82. The van der Waals surface area contributed by atoms with E-state index in [9.17, 15) is 9.59 Å². The van der Waals surface area contributed by atoms with Crippen LogP contribution in [0.3, 0.4) is 0 Å². The summed E-state index contributed by atoms with van der Waals surface area (Å²) in [5.74, 6) is -1.03. The van der Waals surface area contributed by atoms with E-state index in [-0.39, 0.29) is 12.6 Å². The van der Waals surface area contributed by atoms with E-state index in [4.69, 9.17) is 5.11 Å². The summed E-state index contributed by atoms with van der Waals surface area (Å²) in [6, 6.07) is 1.21. The molecule has 2 amide bonds. The molecule has 0 saturated heterocycles. The Morgan fingerprint density at radius 2 is 2.21 bits per heavy atom. The van der Waals surface area contributed by atoms with Gasteiger partial charge in [0, 0.05) is 12.2 Å². The highest BCUT2D eigenvalue weighted by molar-refractivity contribution is 5.92. The maximum atomic E-state index is 12.1. The van der Waals surface area contributed by atoms with Gasteiger partial charge in [-0.05, 0) is 31.9 Å². The van der Waals surface area contributed by atoms with E-state index in [0.29, 0.717) is 12.1 Å². The molecule has 19 heavy (non-hydrogen) atoms. The molecule has 1 rings (SSSR count). The molecule has 104 valence electrons. The van der Waals surface area contributed by atoms with Crippen molar-refractivity contribution in [2.24, 2.45) is 0 Å². The number of carbonyl (C=O) groups excluding carboxylic acids is 1. The molecule has 1 aromatic heterocycles. The molecule has 0 fully saturated rings. The first-order valence-corrected chi connectivity index (χ1v) is 6.15. The Bertz CT molecular complexity index is 462. The van der Waals surface area contributed by atoms with Crippen LogP contribution in [0, 0.1) is 6.92 Å². The SMILES string of the molecule is CCC(C)N(CC(=O)O)C(=O)Nc1cnccc1C. The van der Waals surface area contributed by atoms with E-state index in [0.717, 1.165) is 5.56 Å². The van der Waals surface area contributed by atoms with Gasteiger partial charge in [-0.2, -0.15) is 0 Å². The Kier molecular flexibility index (Phi) is 5.29. The fourth-order valence-electron chi connectivity index (χ4n) is 1.58. The second-order valence-electron chi connectivity index (χ2n) is 4.40. The van der Waals surface area contributed by atoms with Crippen molar-refractivity contribution in [1.82, 2.24) is 9.88 Å². The monoisotopic (exact) mass is 265 g/mol. The molecule has 0 saturated carbocycles. The molecule has 0 aliphatic carbocycles. The van der Waals surface area contributed by atoms with E-state index in [1.807, 2.05) is 20.8 Å². The maximum Gasteiger partial charge on any atom is 0.323 e. The van der Waals surface area contributed by atoms with Crippen molar-refractivity contribution in [3.05, 3.63) is 24.0 Å². The highest BCUT2D eigenvalue weighted by atomic mass is 16.4. The van der Waals surface area contributed by atoms with Crippen LogP contribution in [0.25, 0.3) is 0 Å². The zero-order valence-corrected chi connectivity index (χ0v) is 11.4. The minimum Gasteiger partial charge on any atom is -0.480 e. The number of aliphatic carboxylic acids is 1. The predicted molar refractivity (Wildman–Crippen MR) is 72.1 cm³/mol. The van der Waals surface area contributed by atoms with Gasteiger partial charge in [0.05, 0.1) is 11.9 Å². The highest BCUT2D eigenvalue weighted by Gasteiger charge is 2.21. The van der Waals surface area contributed by atoms with Crippen molar-refractivity contribution in [2.45, 2.75) is 33.2 Å². The van der Waals surface area contributed by atoms with Gasteiger partial charge < -0.3 is 15.3 Å². The first kappa shape index (κ1) is 14.9. The average Bonchev–Trinajstić information content (AvgIpc) is 2.37. The molecule has 0 spiro atoms. The second kappa shape index (κ2) is 6.72. The van der Waals surface area contributed by atoms with E-state index in [2.05, 4.69) is 10.3 Å². The number of nitrogens with zero attached hydrogens (tertiary/aromatic N) is 2. The van der Waals surface area contributed by atoms with Crippen LogP contribution >= 0.6 is 0 Å². The van der Waals surface area contributed by atoms with Gasteiger partial charge in [-0.1, -0.05) is 6.92 Å². The van der Waals surface area contributed by atoms with Gasteiger partial charge in [0.25, 0.3) is 0 Å². The number of pyridine rings is 1. The highest BCUT2D eigenvalue weighted by Crippen LogP contribution is 2.13. The number of hydrogen-bond acceptors (Lipinski definition) is 3. The molecule has 2 N–H and O–H groups in total. The van der Waals surface area contributed by atoms with Crippen LogP contribution < -0.4 is 5.32 Å². The summed E-state index contributed by atoms with van der Waals surface area (Å²) in [7, 11) is 0. The third-order valence-corrected chi connectivity index (χ3v) is 2.97. The number of urea groups is 1. The van der Waals surface area contributed by atoms with Crippen LogP contribution in [0.2, 0.25) is 0 Å². The van der Waals surface area contributed by atoms with Gasteiger partial charge in [0.2, 0.25) is 0 Å². The molecule has 0 radical (unpaired) electrons. The zero-order valence-electron chi connectivity index (χ0n) is 11.4. The van der Waals surface area contributed by atoms with Crippen molar-refractivity contribution in [3.8, 4) is 0 Å². The van der Waals surface area contributed by atoms with E-state index in [1.165, 1.54) is 4.90 Å². The number of amides is 2. The average molecular weight is 265 g/mol. The van der Waals surface area contributed by atoms with Crippen molar-refractivity contribution in [2.75, 3.05) is 11.9 Å². The lowest BCUT2D eigenvalue weighted by atomic mass is 10.2. The van der Waals surface area contributed by atoms with Crippen molar-refractivity contribution in [1.29, 1.82) is 0 Å². The van der Waals surface area contributed by atoms with Gasteiger partial charge in [0.1, 0.15) is 6.54 Å². The first-order valence-electron chi connectivity index (χ1n) is 6.15. The molecular weight excluding hydrogens is 246 g/mol. The second-order valence-corrected chi connectivity index (χ2v) is 4.40. The summed E-state index contributed by atoms with van der Waals surface area (Å²) in [5, 5.41) is 11.6. The molecular formula is C13H19N3O3. The summed E-state index contributed by atoms with van der Waals surface area (Å²) in [4.78, 5) is 28.2. The number of aryl methyl sites for hydroxylation is 1. The van der Waals surface area contributed by atoms with E-state index in [1.54, 1.807) is 18.5 Å². The quantitative estimate of drug-likeness (QED) is 0.854. The number of carbonyl (C=O) groups is 2. The zero-order chi connectivity index (χ0) is 14.4. The lowest BCUT2D eigenvalue weighted by molar-refractivity contribution is -0.138. The lowest BCUT2D eigenvalue weighted by Gasteiger charge is -2.27. The maximum absolute atomic E-state index is 12.1. The summed E-state index contributed by atoms with van der Waals surface area (Å²) >= 11 is 0. The van der Waals surface area contributed by atoms with E-state index < -0.39 is 12.0 Å². The first-order chi connectivity index (χ1) is 8.95. The van der Waals surface area contributed by atoms with Crippen LogP contribution in [0.4, 0.5) is 10.5 Å². The Hall–Kier alpha value is -2.11.